The Morgan fingerprint density at radius 3 is 2.44 bits per heavy atom. The molecule has 2 heteroatoms. The largest absolute Gasteiger partial charge is 0.245 e. The molecule has 0 amide bonds. The van der Waals surface area contributed by atoms with Gasteiger partial charge in [-0.05, 0) is 5.92 Å². The SMILES string of the molecule is CC(C)C1=C(C#N)N=C1. The van der Waals surface area contributed by atoms with Gasteiger partial charge in [-0.1, -0.05) is 13.8 Å². The monoisotopic (exact) mass is 120 g/mol. The van der Waals surface area contributed by atoms with Gasteiger partial charge in [0, 0.05) is 11.8 Å². The summed E-state index contributed by atoms with van der Waals surface area (Å²) in [5.74, 6) is 0.442. The van der Waals surface area contributed by atoms with Crippen molar-refractivity contribution in [1.82, 2.24) is 0 Å². The summed E-state index contributed by atoms with van der Waals surface area (Å²) in [6.45, 7) is 4.11. The Hall–Kier alpha value is -1.10. The third kappa shape index (κ3) is 0.857. The number of hydrogen-bond acceptors (Lipinski definition) is 2. The molecule has 1 rings (SSSR count). The Bertz CT molecular complexity index is 216. The Morgan fingerprint density at radius 2 is 2.33 bits per heavy atom. The highest BCUT2D eigenvalue weighted by Crippen LogP contribution is 2.19. The van der Waals surface area contributed by atoms with Gasteiger partial charge in [-0.3, -0.25) is 0 Å². The molecule has 1 aliphatic rings. The summed E-state index contributed by atoms with van der Waals surface area (Å²) in [4.78, 5) is 3.78. The third-order valence-corrected chi connectivity index (χ3v) is 1.33. The van der Waals surface area contributed by atoms with E-state index < -0.39 is 0 Å². The zero-order chi connectivity index (χ0) is 6.85. The van der Waals surface area contributed by atoms with Crippen LogP contribution in [0.5, 0.6) is 0 Å². The standard InChI is InChI=1S/C7H8N2/c1-5(2)6-4-9-7(6)3-8/h4-5H,1-2H3. The molecule has 0 saturated carbocycles. The Kier molecular flexibility index (Phi) is 1.35. The zero-order valence-corrected chi connectivity index (χ0v) is 5.55. The average molecular weight is 120 g/mol. The lowest BCUT2D eigenvalue weighted by Crippen LogP contribution is -2.06. The summed E-state index contributed by atoms with van der Waals surface area (Å²) in [5.41, 5.74) is 1.68. The summed E-state index contributed by atoms with van der Waals surface area (Å²) >= 11 is 0. The average Bonchev–Trinajstić information content (AvgIpc) is 1.61. The molecule has 0 saturated heterocycles. The van der Waals surface area contributed by atoms with Crippen molar-refractivity contribution in [3.8, 4) is 6.07 Å². The van der Waals surface area contributed by atoms with Gasteiger partial charge in [-0.25, -0.2) is 4.99 Å². The molecule has 0 aliphatic carbocycles. The van der Waals surface area contributed by atoms with Crippen LogP contribution in [0.2, 0.25) is 0 Å². The first-order valence-corrected chi connectivity index (χ1v) is 2.94. The van der Waals surface area contributed by atoms with Crippen LogP contribution in [-0.4, -0.2) is 6.21 Å². The first kappa shape index (κ1) is 6.03. The molecule has 0 atom stereocenters. The molecule has 0 aromatic heterocycles. The molecule has 0 fully saturated rings. The fraction of sp³-hybridized carbons (Fsp3) is 0.429. The normalized spacial score (nSPS) is 15.8. The minimum Gasteiger partial charge on any atom is -0.245 e. The molecular weight excluding hydrogens is 112 g/mol. The predicted molar refractivity (Wildman–Crippen MR) is 36.0 cm³/mol. The first-order chi connectivity index (χ1) is 4.25. The van der Waals surface area contributed by atoms with E-state index in [1.807, 2.05) is 6.07 Å². The molecule has 0 unspecified atom stereocenters. The van der Waals surface area contributed by atoms with Crippen molar-refractivity contribution >= 4 is 6.21 Å². The van der Waals surface area contributed by atoms with E-state index in [2.05, 4.69) is 18.8 Å². The molecule has 2 nitrogen and oxygen atoms in total. The molecule has 46 valence electrons. The maximum atomic E-state index is 8.38. The molecule has 0 aromatic rings. The third-order valence-electron chi connectivity index (χ3n) is 1.33. The van der Waals surface area contributed by atoms with Crippen LogP contribution in [0.15, 0.2) is 16.3 Å². The van der Waals surface area contributed by atoms with Crippen LogP contribution >= 0.6 is 0 Å². The summed E-state index contributed by atoms with van der Waals surface area (Å²) < 4.78 is 0. The van der Waals surface area contributed by atoms with Gasteiger partial charge in [0.05, 0.1) is 0 Å². The second-order valence-electron chi connectivity index (χ2n) is 2.33. The van der Waals surface area contributed by atoms with Crippen molar-refractivity contribution in [1.29, 1.82) is 5.26 Å². The van der Waals surface area contributed by atoms with Gasteiger partial charge in [0.25, 0.3) is 0 Å². The van der Waals surface area contributed by atoms with E-state index in [-0.39, 0.29) is 0 Å². The highest BCUT2D eigenvalue weighted by molar-refractivity contribution is 5.88. The topological polar surface area (TPSA) is 36.1 Å². The number of aliphatic imine (C=N–C) groups is 1. The molecule has 0 aromatic carbocycles. The van der Waals surface area contributed by atoms with Crippen LogP contribution in [0.1, 0.15) is 13.8 Å². The Labute approximate surface area is 54.5 Å². The Balaban J connectivity index is 2.75. The van der Waals surface area contributed by atoms with Gasteiger partial charge in [0.1, 0.15) is 11.8 Å². The van der Waals surface area contributed by atoms with Crippen LogP contribution in [0.4, 0.5) is 0 Å². The maximum Gasteiger partial charge on any atom is 0.145 e. The second kappa shape index (κ2) is 2.02. The highest BCUT2D eigenvalue weighted by atomic mass is 14.8. The molecule has 0 N–H and O–H groups in total. The number of rotatable bonds is 1. The number of nitrogens with zero attached hydrogens (tertiary/aromatic N) is 2. The number of hydrogen-bond donors (Lipinski definition) is 0. The molecule has 0 spiro atoms. The lowest BCUT2D eigenvalue weighted by molar-refractivity contribution is 0.788. The van der Waals surface area contributed by atoms with Crippen molar-refractivity contribution in [2.75, 3.05) is 0 Å². The first-order valence-electron chi connectivity index (χ1n) is 2.94. The predicted octanol–water partition coefficient (Wildman–Crippen LogP) is 1.50. The van der Waals surface area contributed by atoms with E-state index in [0.29, 0.717) is 11.6 Å². The molecule has 0 bridgehead atoms. The second-order valence-corrected chi connectivity index (χ2v) is 2.33. The van der Waals surface area contributed by atoms with Crippen LogP contribution in [0, 0.1) is 17.2 Å². The number of allylic oxidation sites excluding steroid dienone is 2. The van der Waals surface area contributed by atoms with Gasteiger partial charge >= 0.3 is 0 Å². The van der Waals surface area contributed by atoms with Gasteiger partial charge in [-0.15, -0.1) is 0 Å². The molecule has 0 radical (unpaired) electrons. The van der Waals surface area contributed by atoms with Crippen molar-refractivity contribution in [3.05, 3.63) is 11.3 Å². The van der Waals surface area contributed by atoms with Crippen LogP contribution in [0.25, 0.3) is 0 Å². The van der Waals surface area contributed by atoms with E-state index in [0.717, 1.165) is 5.57 Å². The van der Waals surface area contributed by atoms with E-state index in [9.17, 15) is 0 Å². The molecule has 9 heavy (non-hydrogen) atoms. The van der Waals surface area contributed by atoms with Crippen molar-refractivity contribution < 1.29 is 0 Å². The van der Waals surface area contributed by atoms with Gasteiger partial charge in [0.2, 0.25) is 0 Å². The van der Waals surface area contributed by atoms with Crippen LogP contribution < -0.4 is 0 Å². The van der Waals surface area contributed by atoms with Gasteiger partial charge in [0.15, 0.2) is 0 Å². The van der Waals surface area contributed by atoms with Gasteiger partial charge < -0.3 is 0 Å². The summed E-state index contributed by atoms with van der Waals surface area (Å²) in [7, 11) is 0. The minimum absolute atomic E-state index is 0.442. The van der Waals surface area contributed by atoms with E-state index in [1.54, 1.807) is 6.21 Å². The molecule has 1 aliphatic heterocycles. The number of nitriles is 1. The zero-order valence-electron chi connectivity index (χ0n) is 5.55. The quantitative estimate of drug-likeness (QED) is 0.516. The summed E-state index contributed by atoms with van der Waals surface area (Å²) in [6, 6.07) is 2.01. The Morgan fingerprint density at radius 1 is 1.67 bits per heavy atom. The van der Waals surface area contributed by atoms with Crippen molar-refractivity contribution in [2.24, 2.45) is 10.9 Å². The summed E-state index contributed by atoms with van der Waals surface area (Å²) in [5, 5.41) is 8.38. The lowest BCUT2D eigenvalue weighted by atomic mass is 9.99. The summed E-state index contributed by atoms with van der Waals surface area (Å²) in [6.07, 6.45) is 1.75. The molecular formula is C7H8N2. The maximum absolute atomic E-state index is 8.38. The van der Waals surface area contributed by atoms with E-state index in [1.165, 1.54) is 0 Å². The lowest BCUT2D eigenvalue weighted by Gasteiger charge is -2.11. The van der Waals surface area contributed by atoms with Crippen molar-refractivity contribution in [3.63, 3.8) is 0 Å². The van der Waals surface area contributed by atoms with E-state index >= 15 is 0 Å². The smallest absolute Gasteiger partial charge is 0.145 e. The van der Waals surface area contributed by atoms with Crippen LogP contribution in [0.3, 0.4) is 0 Å². The van der Waals surface area contributed by atoms with E-state index in [4.69, 9.17) is 5.26 Å². The van der Waals surface area contributed by atoms with Crippen molar-refractivity contribution in [2.45, 2.75) is 13.8 Å². The highest BCUT2D eigenvalue weighted by Gasteiger charge is 2.13. The molecule has 1 heterocycles. The minimum atomic E-state index is 0.442. The fourth-order valence-electron chi connectivity index (χ4n) is 0.720. The van der Waals surface area contributed by atoms with Crippen LogP contribution in [-0.2, 0) is 0 Å². The van der Waals surface area contributed by atoms with Gasteiger partial charge in [-0.2, -0.15) is 5.26 Å². The fourth-order valence-corrected chi connectivity index (χ4v) is 0.720.